The fourth-order valence-corrected chi connectivity index (χ4v) is 2.65. The van der Waals surface area contributed by atoms with Crippen LogP contribution < -0.4 is 10.6 Å². The number of hydrogen-bond acceptors (Lipinski definition) is 2. The predicted octanol–water partition coefficient (Wildman–Crippen LogP) is 4.42. The maximum absolute atomic E-state index is 12.3. The summed E-state index contributed by atoms with van der Waals surface area (Å²) in [4.78, 5) is 14.3. The van der Waals surface area contributed by atoms with E-state index in [1.54, 1.807) is 18.2 Å². The molecule has 0 saturated carbocycles. The van der Waals surface area contributed by atoms with Gasteiger partial charge in [-0.2, -0.15) is 0 Å². The van der Waals surface area contributed by atoms with Crippen LogP contribution in [0.2, 0.25) is 10.0 Å². The lowest BCUT2D eigenvalue weighted by molar-refractivity contribution is 0.244. The van der Waals surface area contributed by atoms with E-state index in [1.807, 2.05) is 49.3 Å². The quantitative estimate of drug-likeness (QED) is 0.837. The van der Waals surface area contributed by atoms with E-state index in [0.717, 1.165) is 5.56 Å². The normalized spacial score (nSPS) is 12.0. The summed E-state index contributed by atoms with van der Waals surface area (Å²) in [6.07, 6.45) is 0. The van der Waals surface area contributed by atoms with Crippen LogP contribution in [0.15, 0.2) is 48.5 Å². The molecule has 2 rings (SSSR count). The van der Waals surface area contributed by atoms with Crippen LogP contribution in [0, 0.1) is 0 Å². The van der Waals surface area contributed by atoms with Gasteiger partial charge in [0.15, 0.2) is 0 Å². The summed E-state index contributed by atoms with van der Waals surface area (Å²) in [6, 6.07) is 14.3. The van der Waals surface area contributed by atoms with Crippen LogP contribution in [0.4, 0.5) is 10.5 Å². The van der Waals surface area contributed by atoms with E-state index in [2.05, 4.69) is 10.6 Å². The van der Waals surface area contributed by atoms with Gasteiger partial charge in [-0.05, 0) is 37.9 Å². The van der Waals surface area contributed by atoms with Crippen molar-refractivity contribution < 1.29 is 4.79 Å². The Morgan fingerprint density at radius 1 is 1.13 bits per heavy atom. The van der Waals surface area contributed by atoms with Gasteiger partial charge in [-0.3, -0.25) is 0 Å². The molecule has 2 N–H and O–H groups in total. The molecule has 0 aliphatic heterocycles. The lowest BCUT2D eigenvalue weighted by Gasteiger charge is -2.23. The van der Waals surface area contributed by atoms with E-state index in [9.17, 15) is 4.79 Å². The van der Waals surface area contributed by atoms with Crippen molar-refractivity contribution in [1.82, 2.24) is 10.2 Å². The van der Waals surface area contributed by atoms with E-state index < -0.39 is 0 Å². The molecule has 0 radical (unpaired) electrons. The van der Waals surface area contributed by atoms with E-state index in [4.69, 9.17) is 23.2 Å². The molecule has 1 atom stereocenters. The van der Waals surface area contributed by atoms with Gasteiger partial charge in [-0.1, -0.05) is 53.5 Å². The Kier molecular flexibility index (Phi) is 6.28. The van der Waals surface area contributed by atoms with Crippen molar-refractivity contribution in [3.8, 4) is 0 Å². The highest BCUT2D eigenvalue weighted by Gasteiger charge is 2.16. The zero-order valence-corrected chi connectivity index (χ0v) is 14.5. The highest BCUT2D eigenvalue weighted by atomic mass is 35.5. The summed E-state index contributed by atoms with van der Waals surface area (Å²) < 4.78 is 0. The van der Waals surface area contributed by atoms with E-state index >= 15 is 0 Å². The van der Waals surface area contributed by atoms with Gasteiger partial charge >= 0.3 is 6.03 Å². The van der Waals surface area contributed by atoms with Gasteiger partial charge in [0.25, 0.3) is 0 Å². The number of nitrogens with zero attached hydrogens (tertiary/aromatic N) is 1. The zero-order chi connectivity index (χ0) is 16.8. The Morgan fingerprint density at radius 3 is 2.43 bits per heavy atom. The highest BCUT2D eigenvalue weighted by molar-refractivity contribution is 6.36. The maximum Gasteiger partial charge on any atom is 0.319 e. The van der Waals surface area contributed by atoms with E-state index in [1.165, 1.54) is 0 Å². The molecular formula is C17H19Cl2N3O. The van der Waals surface area contributed by atoms with Gasteiger partial charge in [0, 0.05) is 11.6 Å². The number of nitrogens with one attached hydrogen (secondary N) is 2. The third kappa shape index (κ3) is 5.43. The Morgan fingerprint density at radius 2 is 1.83 bits per heavy atom. The van der Waals surface area contributed by atoms with Crippen LogP contribution >= 0.6 is 23.2 Å². The van der Waals surface area contributed by atoms with Crippen LogP contribution in [-0.4, -0.2) is 31.6 Å². The summed E-state index contributed by atoms with van der Waals surface area (Å²) in [5.74, 6) is 0. The largest absolute Gasteiger partial charge is 0.330 e. The molecule has 0 aliphatic rings. The number of anilines is 1. The summed E-state index contributed by atoms with van der Waals surface area (Å²) >= 11 is 11.9. The third-order valence-corrected chi connectivity index (χ3v) is 3.78. The number of likely N-dealkylation sites (N-methyl/N-ethyl adjacent to an activating group) is 1. The minimum absolute atomic E-state index is 0.128. The van der Waals surface area contributed by atoms with Gasteiger partial charge in [-0.15, -0.1) is 0 Å². The molecule has 0 aliphatic carbocycles. The Balaban J connectivity index is 2.08. The van der Waals surface area contributed by atoms with Crippen molar-refractivity contribution in [2.45, 2.75) is 6.04 Å². The van der Waals surface area contributed by atoms with Crippen LogP contribution in [0.25, 0.3) is 0 Å². The second kappa shape index (κ2) is 8.20. The van der Waals surface area contributed by atoms with Crippen molar-refractivity contribution >= 4 is 34.9 Å². The Bertz CT molecular complexity index is 662. The van der Waals surface area contributed by atoms with Crippen molar-refractivity contribution in [2.75, 3.05) is 26.0 Å². The third-order valence-electron chi connectivity index (χ3n) is 3.23. The van der Waals surface area contributed by atoms with Gasteiger partial charge < -0.3 is 15.5 Å². The zero-order valence-electron chi connectivity index (χ0n) is 13.0. The van der Waals surface area contributed by atoms with Crippen molar-refractivity contribution in [3.05, 3.63) is 64.1 Å². The molecule has 0 fully saturated rings. The monoisotopic (exact) mass is 351 g/mol. The average Bonchev–Trinajstić information content (AvgIpc) is 2.50. The number of benzene rings is 2. The van der Waals surface area contributed by atoms with Crippen molar-refractivity contribution in [3.63, 3.8) is 0 Å². The summed E-state index contributed by atoms with van der Waals surface area (Å²) in [6.45, 7) is 0.686. The van der Waals surface area contributed by atoms with Crippen molar-refractivity contribution in [1.29, 1.82) is 0 Å². The molecule has 0 heterocycles. The lowest BCUT2D eigenvalue weighted by Crippen LogP contribution is -2.37. The fraction of sp³-hybridized carbons (Fsp3) is 0.235. The first-order chi connectivity index (χ1) is 11.0. The van der Waals surface area contributed by atoms with Crippen LogP contribution in [0.5, 0.6) is 0 Å². The molecule has 4 nitrogen and oxygen atoms in total. The topological polar surface area (TPSA) is 44.4 Å². The average molecular weight is 352 g/mol. The first-order valence-electron chi connectivity index (χ1n) is 7.18. The van der Waals surface area contributed by atoms with Crippen LogP contribution in [0.3, 0.4) is 0 Å². The molecule has 0 spiro atoms. The van der Waals surface area contributed by atoms with Crippen molar-refractivity contribution in [2.24, 2.45) is 0 Å². The fourth-order valence-electron chi connectivity index (χ4n) is 2.19. The predicted molar refractivity (Wildman–Crippen MR) is 96.4 cm³/mol. The summed E-state index contributed by atoms with van der Waals surface area (Å²) in [5.41, 5.74) is 1.56. The Hall–Kier alpha value is -1.75. The number of halogens is 2. The molecule has 2 aromatic carbocycles. The molecule has 2 aromatic rings. The second-order valence-electron chi connectivity index (χ2n) is 5.45. The molecule has 0 saturated heterocycles. The van der Waals surface area contributed by atoms with Crippen LogP contribution in [-0.2, 0) is 0 Å². The SMILES string of the molecule is CN(C)C[C@@H](NC(=O)Nc1ccc(Cl)cc1Cl)c1ccccc1. The molecule has 6 heteroatoms. The first kappa shape index (κ1) is 17.6. The molecule has 2 amide bonds. The number of carbonyl (C=O) groups excluding carboxylic acids is 1. The lowest BCUT2D eigenvalue weighted by atomic mass is 10.1. The summed E-state index contributed by atoms with van der Waals surface area (Å²) in [5, 5.41) is 6.65. The minimum Gasteiger partial charge on any atom is -0.330 e. The second-order valence-corrected chi connectivity index (χ2v) is 6.29. The first-order valence-corrected chi connectivity index (χ1v) is 7.93. The molecule has 0 bridgehead atoms. The molecular weight excluding hydrogens is 333 g/mol. The summed E-state index contributed by atoms with van der Waals surface area (Å²) in [7, 11) is 3.93. The number of hydrogen-bond donors (Lipinski definition) is 2. The molecule has 0 unspecified atom stereocenters. The number of urea groups is 1. The Labute approximate surface area is 146 Å². The molecule has 0 aromatic heterocycles. The standard InChI is InChI=1S/C17H19Cl2N3O/c1-22(2)11-16(12-6-4-3-5-7-12)21-17(23)20-15-9-8-13(18)10-14(15)19/h3-10,16H,11H2,1-2H3,(H2,20,21,23)/t16-/m1/s1. The van der Waals surface area contributed by atoms with Gasteiger partial charge in [0.05, 0.1) is 16.8 Å². The van der Waals surface area contributed by atoms with Gasteiger partial charge in [0.2, 0.25) is 0 Å². The van der Waals surface area contributed by atoms with Crippen LogP contribution in [0.1, 0.15) is 11.6 Å². The number of amides is 2. The molecule has 23 heavy (non-hydrogen) atoms. The highest BCUT2D eigenvalue weighted by Crippen LogP contribution is 2.25. The van der Waals surface area contributed by atoms with Gasteiger partial charge in [0.1, 0.15) is 0 Å². The van der Waals surface area contributed by atoms with E-state index in [0.29, 0.717) is 22.3 Å². The molecule has 122 valence electrons. The van der Waals surface area contributed by atoms with Gasteiger partial charge in [-0.25, -0.2) is 4.79 Å². The minimum atomic E-state index is -0.315. The van der Waals surface area contributed by atoms with E-state index in [-0.39, 0.29) is 12.1 Å². The smallest absolute Gasteiger partial charge is 0.319 e. The number of rotatable bonds is 5. The maximum atomic E-state index is 12.3. The number of carbonyl (C=O) groups is 1.